The maximum absolute atomic E-state index is 12.7. The lowest BCUT2D eigenvalue weighted by Gasteiger charge is -2.16. The molecule has 30 heavy (non-hydrogen) atoms. The number of halogens is 2. The van der Waals surface area contributed by atoms with Crippen molar-refractivity contribution in [2.24, 2.45) is 0 Å². The predicted molar refractivity (Wildman–Crippen MR) is 106 cm³/mol. The molecule has 7 nitrogen and oxygen atoms in total. The van der Waals surface area contributed by atoms with Crippen LogP contribution in [0.15, 0.2) is 42.5 Å². The quantitative estimate of drug-likeness (QED) is 0.587. The first-order valence-corrected chi connectivity index (χ1v) is 8.94. The molecule has 1 amide bonds. The molecule has 0 radical (unpaired) electrons. The highest BCUT2D eigenvalue weighted by Gasteiger charge is 2.21. The van der Waals surface area contributed by atoms with Crippen LogP contribution in [0.5, 0.6) is 11.5 Å². The van der Waals surface area contributed by atoms with Crippen LogP contribution in [0.3, 0.4) is 0 Å². The number of hydrogen-bond acceptors (Lipinski definition) is 5. The number of esters is 1. The predicted octanol–water partition coefficient (Wildman–Crippen LogP) is 3.99. The van der Waals surface area contributed by atoms with E-state index in [0.717, 1.165) is 22.7 Å². The number of para-hydroxylation sites is 1. The van der Waals surface area contributed by atoms with Gasteiger partial charge in [-0.1, -0.05) is 18.2 Å². The lowest BCUT2D eigenvalue weighted by Crippen LogP contribution is -2.21. The van der Waals surface area contributed by atoms with Gasteiger partial charge in [-0.2, -0.15) is 8.78 Å². The molecule has 158 valence electrons. The van der Waals surface area contributed by atoms with Crippen molar-refractivity contribution in [3.05, 3.63) is 53.7 Å². The van der Waals surface area contributed by atoms with E-state index in [2.05, 4.69) is 10.1 Å². The summed E-state index contributed by atoms with van der Waals surface area (Å²) in [5.74, 6) is -1.65. The number of hydrogen-bond donors (Lipinski definition) is 1. The Morgan fingerprint density at radius 3 is 2.50 bits per heavy atom. The van der Waals surface area contributed by atoms with E-state index in [1.54, 1.807) is 0 Å². The lowest BCUT2D eigenvalue weighted by molar-refractivity contribution is -0.116. The van der Waals surface area contributed by atoms with Crippen molar-refractivity contribution in [3.63, 3.8) is 0 Å². The van der Waals surface area contributed by atoms with Crippen molar-refractivity contribution < 1.29 is 32.6 Å². The van der Waals surface area contributed by atoms with Crippen LogP contribution in [0, 0.1) is 6.92 Å². The zero-order valence-corrected chi connectivity index (χ0v) is 16.6. The second-order valence-electron chi connectivity index (χ2n) is 6.40. The number of aromatic nitrogens is 1. The maximum Gasteiger partial charge on any atom is 0.387 e. The number of carbonyl (C=O) groups is 2. The number of nitrogens with zero attached hydrogens (tertiary/aromatic N) is 1. The SMILES string of the molecule is COC(=O)c1cc(OC)c(OC(F)F)cc1NC(=O)Cn1c(C)cc2ccccc21. The molecule has 0 saturated carbocycles. The van der Waals surface area contributed by atoms with E-state index in [4.69, 9.17) is 9.47 Å². The summed E-state index contributed by atoms with van der Waals surface area (Å²) in [5, 5.41) is 3.56. The van der Waals surface area contributed by atoms with Gasteiger partial charge in [-0.05, 0) is 24.4 Å². The number of methoxy groups -OCH3 is 2. The molecule has 3 rings (SSSR count). The number of alkyl halides is 2. The lowest BCUT2D eigenvalue weighted by atomic mass is 10.1. The number of nitrogens with one attached hydrogen (secondary N) is 1. The van der Waals surface area contributed by atoms with Crippen LogP contribution in [0.2, 0.25) is 0 Å². The number of benzene rings is 2. The maximum atomic E-state index is 12.7. The van der Waals surface area contributed by atoms with Crippen molar-refractivity contribution in [1.82, 2.24) is 4.57 Å². The van der Waals surface area contributed by atoms with Crippen molar-refractivity contribution in [3.8, 4) is 11.5 Å². The molecular formula is C21H20F2N2O5. The fourth-order valence-corrected chi connectivity index (χ4v) is 3.18. The first-order chi connectivity index (χ1) is 14.3. The summed E-state index contributed by atoms with van der Waals surface area (Å²) in [4.78, 5) is 24.9. The molecule has 0 spiro atoms. The van der Waals surface area contributed by atoms with Gasteiger partial charge in [0.15, 0.2) is 11.5 Å². The van der Waals surface area contributed by atoms with Crippen molar-refractivity contribution in [2.45, 2.75) is 20.1 Å². The molecule has 0 aliphatic rings. The summed E-state index contributed by atoms with van der Waals surface area (Å²) in [6, 6.07) is 11.8. The summed E-state index contributed by atoms with van der Waals surface area (Å²) >= 11 is 0. The van der Waals surface area contributed by atoms with Gasteiger partial charge in [-0.25, -0.2) is 4.79 Å². The summed E-state index contributed by atoms with van der Waals surface area (Å²) < 4.78 is 41.5. The molecule has 0 bridgehead atoms. The van der Waals surface area contributed by atoms with E-state index in [0.29, 0.717) is 0 Å². The molecule has 0 saturated heterocycles. The van der Waals surface area contributed by atoms with Gasteiger partial charge in [0.1, 0.15) is 6.54 Å². The first kappa shape index (κ1) is 21.1. The van der Waals surface area contributed by atoms with E-state index in [1.807, 2.05) is 41.8 Å². The third-order valence-electron chi connectivity index (χ3n) is 4.52. The zero-order chi connectivity index (χ0) is 21.8. The molecule has 9 heteroatoms. The average molecular weight is 418 g/mol. The Morgan fingerprint density at radius 1 is 1.10 bits per heavy atom. The van der Waals surface area contributed by atoms with Gasteiger partial charge in [0.05, 0.1) is 25.5 Å². The highest BCUT2D eigenvalue weighted by atomic mass is 19.3. The number of ether oxygens (including phenoxy) is 3. The third kappa shape index (κ3) is 4.35. The number of anilines is 1. The molecule has 0 atom stereocenters. The molecule has 1 aromatic heterocycles. The monoisotopic (exact) mass is 418 g/mol. The van der Waals surface area contributed by atoms with Gasteiger partial charge < -0.3 is 24.1 Å². The van der Waals surface area contributed by atoms with Gasteiger partial charge in [-0.15, -0.1) is 0 Å². The van der Waals surface area contributed by atoms with Crippen LogP contribution < -0.4 is 14.8 Å². The number of carbonyl (C=O) groups excluding carboxylic acids is 2. The minimum atomic E-state index is -3.11. The van der Waals surface area contributed by atoms with E-state index in [9.17, 15) is 18.4 Å². The Hall–Kier alpha value is -3.62. The summed E-state index contributed by atoms with van der Waals surface area (Å²) in [6.07, 6.45) is 0. The largest absolute Gasteiger partial charge is 0.493 e. The number of fused-ring (bicyclic) bond motifs is 1. The highest BCUT2D eigenvalue weighted by Crippen LogP contribution is 2.35. The zero-order valence-electron chi connectivity index (χ0n) is 16.6. The Morgan fingerprint density at radius 2 is 1.83 bits per heavy atom. The topological polar surface area (TPSA) is 78.8 Å². The molecule has 2 aromatic carbocycles. The second kappa shape index (κ2) is 8.81. The molecular weight excluding hydrogens is 398 g/mol. The van der Waals surface area contributed by atoms with Crippen LogP contribution >= 0.6 is 0 Å². The number of aryl methyl sites for hydroxylation is 1. The summed E-state index contributed by atoms with van der Waals surface area (Å²) in [5.41, 5.74) is 1.65. The number of rotatable bonds is 7. The smallest absolute Gasteiger partial charge is 0.387 e. The van der Waals surface area contributed by atoms with E-state index >= 15 is 0 Å². The molecule has 0 fully saturated rings. The average Bonchev–Trinajstić information content (AvgIpc) is 3.02. The highest BCUT2D eigenvalue weighted by molar-refractivity contribution is 6.02. The summed E-state index contributed by atoms with van der Waals surface area (Å²) in [6.45, 7) is -1.29. The van der Waals surface area contributed by atoms with Gasteiger partial charge in [0.25, 0.3) is 0 Å². The van der Waals surface area contributed by atoms with E-state index in [1.165, 1.54) is 20.3 Å². The second-order valence-corrected chi connectivity index (χ2v) is 6.40. The van der Waals surface area contributed by atoms with Crippen LogP contribution in [-0.4, -0.2) is 37.3 Å². The molecule has 3 aromatic rings. The Bertz CT molecular complexity index is 1090. The molecule has 1 N–H and O–H groups in total. The van der Waals surface area contributed by atoms with Gasteiger partial charge >= 0.3 is 12.6 Å². The minimum absolute atomic E-state index is 0.0302. The Kier molecular flexibility index (Phi) is 6.20. The number of amides is 1. The molecule has 0 unspecified atom stereocenters. The Balaban J connectivity index is 1.94. The van der Waals surface area contributed by atoms with E-state index in [-0.39, 0.29) is 29.3 Å². The van der Waals surface area contributed by atoms with Crippen LogP contribution in [0.25, 0.3) is 10.9 Å². The van der Waals surface area contributed by atoms with E-state index < -0.39 is 18.5 Å². The fourth-order valence-electron chi connectivity index (χ4n) is 3.18. The van der Waals surface area contributed by atoms with Crippen LogP contribution in [0.1, 0.15) is 16.1 Å². The Labute approximate surface area is 171 Å². The van der Waals surface area contributed by atoms with Crippen LogP contribution in [0.4, 0.5) is 14.5 Å². The van der Waals surface area contributed by atoms with Gasteiger partial charge in [0.2, 0.25) is 5.91 Å². The minimum Gasteiger partial charge on any atom is -0.493 e. The third-order valence-corrected chi connectivity index (χ3v) is 4.52. The van der Waals surface area contributed by atoms with Crippen LogP contribution in [-0.2, 0) is 16.1 Å². The van der Waals surface area contributed by atoms with Crippen molar-refractivity contribution >= 4 is 28.5 Å². The molecule has 1 heterocycles. The first-order valence-electron chi connectivity index (χ1n) is 8.94. The summed E-state index contributed by atoms with van der Waals surface area (Å²) in [7, 11) is 2.41. The molecule has 0 aliphatic carbocycles. The normalized spacial score (nSPS) is 10.9. The van der Waals surface area contributed by atoms with Crippen molar-refractivity contribution in [1.29, 1.82) is 0 Å². The van der Waals surface area contributed by atoms with Gasteiger partial charge in [-0.3, -0.25) is 4.79 Å². The standard InChI is InChI=1S/C21H20F2N2O5/c1-12-8-13-6-4-5-7-16(13)25(12)11-19(26)24-15-10-18(30-21(22)23)17(28-2)9-14(15)20(27)29-3/h4-10,21H,11H2,1-3H3,(H,24,26). The van der Waals surface area contributed by atoms with Gasteiger partial charge in [0, 0.05) is 23.3 Å². The van der Waals surface area contributed by atoms with Crippen molar-refractivity contribution in [2.75, 3.05) is 19.5 Å². The fraction of sp³-hybridized carbons (Fsp3) is 0.238. The molecule has 0 aliphatic heterocycles.